The van der Waals surface area contributed by atoms with Crippen molar-refractivity contribution < 1.29 is 9.47 Å². The molecule has 2 atom stereocenters. The van der Waals surface area contributed by atoms with E-state index in [4.69, 9.17) is 9.47 Å². The smallest absolute Gasteiger partial charge is 0.0805 e. The van der Waals surface area contributed by atoms with Gasteiger partial charge in [-0.2, -0.15) is 0 Å². The van der Waals surface area contributed by atoms with Crippen LogP contribution in [0.5, 0.6) is 0 Å². The van der Waals surface area contributed by atoms with E-state index in [-0.39, 0.29) is 0 Å². The highest BCUT2D eigenvalue weighted by Gasteiger charge is 2.16. The topological polar surface area (TPSA) is 18.5 Å². The molecule has 0 N–H and O–H groups in total. The van der Waals surface area contributed by atoms with Gasteiger partial charge in [0.1, 0.15) is 0 Å². The zero-order chi connectivity index (χ0) is 6.69. The van der Waals surface area contributed by atoms with Crippen molar-refractivity contribution in [3.8, 4) is 0 Å². The summed E-state index contributed by atoms with van der Waals surface area (Å²) in [5.41, 5.74) is 0. The maximum absolute atomic E-state index is 5.36. The molecule has 1 rings (SSSR count). The summed E-state index contributed by atoms with van der Waals surface area (Å²) in [4.78, 5) is 0. The Morgan fingerprint density at radius 2 is 2.22 bits per heavy atom. The maximum Gasteiger partial charge on any atom is 0.0805 e. The molecule has 0 aliphatic carbocycles. The van der Waals surface area contributed by atoms with Crippen LogP contribution >= 0.6 is 0 Å². The standard InChI is InChI=1S/C7H14O2/c1-6-3-4-7(8-2)5-9-6/h6-7H,3-5H2,1-2H3/t6?,7-/m1/s1. The summed E-state index contributed by atoms with van der Waals surface area (Å²) in [5, 5.41) is 0. The van der Waals surface area contributed by atoms with Gasteiger partial charge >= 0.3 is 0 Å². The summed E-state index contributed by atoms with van der Waals surface area (Å²) >= 11 is 0. The molecule has 0 radical (unpaired) electrons. The molecule has 0 spiro atoms. The average Bonchev–Trinajstić information content (AvgIpc) is 1.90. The van der Waals surface area contributed by atoms with E-state index in [0.717, 1.165) is 19.4 Å². The van der Waals surface area contributed by atoms with Gasteiger partial charge in [-0.25, -0.2) is 0 Å². The first-order chi connectivity index (χ1) is 4.33. The Labute approximate surface area is 56.2 Å². The van der Waals surface area contributed by atoms with Gasteiger partial charge in [0.2, 0.25) is 0 Å². The minimum atomic E-state index is 0.348. The lowest BCUT2D eigenvalue weighted by molar-refractivity contribution is -0.0641. The van der Waals surface area contributed by atoms with E-state index in [1.807, 2.05) is 0 Å². The van der Waals surface area contributed by atoms with E-state index >= 15 is 0 Å². The van der Waals surface area contributed by atoms with Crippen LogP contribution in [0.3, 0.4) is 0 Å². The Balaban J connectivity index is 2.18. The fourth-order valence-corrected chi connectivity index (χ4v) is 1.04. The summed E-state index contributed by atoms with van der Waals surface area (Å²) in [6.45, 7) is 2.88. The highest BCUT2D eigenvalue weighted by atomic mass is 16.5. The molecule has 0 aromatic rings. The second-order valence-corrected chi connectivity index (χ2v) is 2.58. The van der Waals surface area contributed by atoms with Gasteiger partial charge in [0.15, 0.2) is 0 Å². The van der Waals surface area contributed by atoms with Crippen molar-refractivity contribution in [2.75, 3.05) is 13.7 Å². The van der Waals surface area contributed by atoms with Crippen LogP contribution in [0, 0.1) is 0 Å². The quantitative estimate of drug-likeness (QED) is 0.531. The molecule has 2 heteroatoms. The van der Waals surface area contributed by atoms with E-state index in [2.05, 4.69) is 6.92 Å². The van der Waals surface area contributed by atoms with Crippen LogP contribution in [-0.4, -0.2) is 25.9 Å². The van der Waals surface area contributed by atoms with Crippen molar-refractivity contribution in [1.29, 1.82) is 0 Å². The second-order valence-electron chi connectivity index (χ2n) is 2.58. The van der Waals surface area contributed by atoms with Gasteiger partial charge in [-0.05, 0) is 19.8 Å². The van der Waals surface area contributed by atoms with Crippen molar-refractivity contribution in [3.63, 3.8) is 0 Å². The molecule has 2 nitrogen and oxygen atoms in total. The summed E-state index contributed by atoms with van der Waals surface area (Å²) in [7, 11) is 1.74. The van der Waals surface area contributed by atoms with E-state index < -0.39 is 0 Å². The van der Waals surface area contributed by atoms with Crippen molar-refractivity contribution in [1.82, 2.24) is 0 Å². The molecule has 0 bridgehead atoms. The Kier molecular flexibility index (Phi) is 2.49. The molecule has 0 aromatic heterocycles. The second kappa shape index (κ2) is 3.18. The van der Waals surface area contributed by atoms with Gasteiger partial charge in [0, 0.05) is 7.11 Å². The van der Waals surface area contributed by atoms with Crippen LogP contribution in [0.1, 0.15) is 19.8 Å². The summed E-state index contributed by atoms with van der Waals surface area (Å²) in [6.07, 6.45) is 3.08. The van der Waals surface area contributed by atoms with Gasteiger partial charge in [0.05, 0.1) is 18.8 Å². The van der Waals surface area contributed by atoms with Crippen LogP contribution in [0.2, 0.25) is 0 Å². The van der Waals surface area contributed by atoms with Gasteiger partial charge in [0.25, 0.3) is 0 Å². The van der Waals surface area contributed by atoms with E-state index in [1.54, 1.807) is 7.11 Å². The summed E-state index contributed by atoms with van der Waals surface area (Å²) in [6, 6.07) is 0. The molecule has 0 amide bonds. The number of hydrogen-bond donors (Lipinski definition) is 0. The molecular formula is C7H14O2. The fraction of sp³-hybridized carbons (Fsp3) is 1.00. The third-order valence-corrected chi connectivity index (χ3v) is 1.80. The minimum absolute atomic E-state index is 0.348. The Morgan fingerprint density at radius 1 is 1.44 bits per heavy atom. The molecule has 0 aromatic carbocycles. The lowest BCUT2D eigenvalue weighted by atomic mass is 10.1. The highest BCUT2D eigenvalue weighted by molar-refractivity contribution is 4.66. The average molecular weight is 130 g/mol. The number of methoxy groups -OCH3 is 1. The van der Waals surface area contributed by atoms with E-state index in [9.17, 15) is 0 Å². The molecule has 1 saturated heterocycles. The third-order valence-electron chi connectivity index (χ3n) is 1.80. The molecule has 1 unspecified atom stereocenters. The van der Waals surface area contributed by atoms with E-state index in [1.165, 1.54) is 0 Å². The first-order valence-electron chi connectivity index (χ1n) is 3.47. The maximum atomic E-state index is 5.36. The lowest BCUT2D eigenvalue weighted by Gasteiger charge is -2.25. The summed E-state index contributed by atoms with van der Waals surface area (Å²) < 4.78 is 10.5. The Bertz CT molecular complexity index is 75.0. The van der Waals surface area contributed by atoms with Crippen molar-refractivity contribution in [2.45, 2.75) is 32.0 Å². The molecule has 54 valence electrons. The minimum Gasteiger partial charge on any atom is -0.379 e. The Morgan fingerprint density at radius 3 is 2.67 bits per heavy atom. The van der Waals surface area contributed by atoms with Crippen LogP contribution in [0.25, 0.3) is 0 Å². The molecule has 1 aliphatic heterocycles. The normalized spacial score (nSPS) is 36.7. The predicted octanol–water partition coefficient (Wildman–Crippen LogP) is 1.20. The first-order valence-corrected chi connectivity index (χ1v) is 3.47. The SMILES string of the molecule is CO[C@@H]1CCC(C)OC1. The first kappa shape index (κ1) is 7.03. The third kappa shape index (κ3) is 1.95. The molecular weight excluding hydrogens is 116 g/mol. The van der Waals surface area contributed by atoms with Crippen molar-refractivity contribution in [2.24, 2.45) is 0 Å². The van der Waals surface area contributed by atoms with Gasteiger partial charge < -0.3 is 9.47 Å². The van der Waals surface area contributed by atoms with Crippen molar-refractivity contribution in [3.05, 3.63) is 0 Å². The Hall–Kier alpha value is -0.0800. The van der Waals surface area contributed by atoms with Crippen LogP contribution in [-0.2, 0) is 9.47 Å². The fourth-order valence-electron chi connectivity index (χ4n) is 1.04. The van der Waals surface area contributed by atoms with Gasteiger partial charge in [-0.15, -0.1) is 0 Å². The van der Waals surface area contributed by atoms with Gasteiger partial charge in [-0.3, -0.25) is 0 Å². The molecule has 0 saturated carbocycles. The molecule has 1 heterocycles. The largest absolute Gasteiger partial charge is 0.379 e. The van der Waals surface area contributed by atoms with Crippen LogP contribution in [0.15, 0.2) is 0 Å². The van der Waals surface area contributed by atoms with Crippen molar-refractivity contribution >= 4 is 0 Å². The summed E-state index contributed by atoms with van der Waals surface area (Å²) in [5.74, 6) is 0. The predicted molar refractivity (Wildman–Crippen MR) is 35.4 cm³/mol. The number of rotatable bonds is 1. The highest BCUT2D eigenvalue weighted by Crippen LogP contribution is 2.14. The van der Waals surface area contributed by atoms with E-state index in [0.29, 0.717) is 12.2 Å². The number of ether oxygens (including phenoxy) is 2. The zero-order valence-corrected chi connectivity index (χ0v) is 6.09. The molecule has 1 aliphatic rings. The van der Waals surface area contributed by atoms with Crippen LogP contribution < -0.4 is 0 Å². The zero-order valence-electron chi connectivity index (χ0n) is 6.09. The lowest BCUT2D eigenvalue weighted by Crippen LogP contribution is -2.28. The number of hydrogen-bond acceptors (Lipinski definition) is 2. The van der Waals surface area contributed by atoms with Gasteiger partial charge in [-0.1, -0.05) is 0 Å². The molecule has 9 heavy (non-hydrogen) atoms. The molecule has 1 fully saturated rings. The monoisotopic (exact) mass is 130 g/mol. The van der Waals surface area contributed by atoms with Crippen LogP contribution in [0.4, 0.5) is 0 Å².